The standard InChI is InChI=1S/C19H18N6O3/c1-19(2,3)25-13-7-5-4-6-12(13)21-17(25)23-15(26)10-8-11-14(20-9-10)22-18(28)24-16(11)27/h4-9H,1-3H3,(H,21,23,26)(H2,20,22,24,27,28). The van der Waals surface area contributed by atoms with E-state index in [0.29, 0.717) is 5.95 Å². The predicted molar refractivity (Wildman–Crippen MR) is 106 cm³/mol. The number of aromatic nitrogens is 5. The summed E-state index contributed by atoms with van der Waals surface area (Å²) in [7, 11) is 0. The Morgan fingerprint density at radius 3 is 2.64 bits per heavy atom. The lowest BCUT2D eigenvalue weighted by Gasteiger charge is -2.24. The molecule has 0 radical (unpaired) electrons. The van der Waals surface area contributed by atoms with Crippen LogP contribution in [-0.4, -0.2) is 30.4 Å². The third-order valence-corrected chi connectivity index (χ3v) is 4.31. The van der Waals surface area contributed by atoms with Gasteiger partial charge in [-0.1, -0.05) is 12.1 Å². The second kappa shape index (κ2) is 6.15. The summed E-state index contributed by atoms with van der Waals surface area (Å²) in [6.07, 6.45) is 1.30. The monoisotopic (exact) mass is 378 g/mol. The van der Waals surface area contributed by atoms with Crippen molar-refractivity contribution in [3.63, 3.8) is 0 Å². The van der Waals surface area contributed by atoms with E-state index in [1.165, 1.54) is 12.3 Å². The van der Waals surface area contributed by atoms with Crippen LogP contribution in [0.5, 0.6) is 0 Å². The highest BCUT2D eigenvalue weighted by Crippen LogP contribution is 2.28. The van der Waals surface area contributed by atoms with E-state index in [1.807, 2.05) is 49.6 Å². The van der Waals surface area contributed by atoms with Crippen LogP contribution in [0.2, 0.25) is 0 Å². The fourth-order valence-corrected chi connectivity index (χ4v) is 3.13. The van der Waals surface area contributed by atoms with Crippen molar-refractivity contribution in [3.05, 3.63) is 62.9 Å². The first kappa shape index (κ1) is 17.7. The van der Waals surface area contributed by atoms with Crippen LogP contribution in [0.1, 0.15) is 31.1 Å². The Balaban J connectivity index is 1.78. The van der Waals surface area contributed by atoms with Crippen molar-refractivity contribution in [2.75, 3.05) is 5.32 Å². The zero-order valence-electron chi connectivity index (χ0n) is 15.5. The van der Waals surface area contributed by atoms with E-state index in [1.54, 1.807) is 0 Å². The molecular formula is C19H18N6O3. The smallest absolute Gasteiger partial charge is 0.305 e. The molecule has 0 aliphatic heterocycles. The Morgan fingerprint density at radius 2 is 1.89 bits per heavy atom. The number of rotatable bonds is 2. The van der Waals surface area contributed by atoms with Crippen molar-refractivity contribution in [2.45, 2.75) is 26.3 Å². The molecule has 142 valence electrons. The van der Waals surface area contributed by atoms with Crippen molar-refractivity contribution in [3.8, 4) is 0 Å². The number of hydrogen-bond donors (Lipinski definition) is 3. The molecule has 0 saturated heterocycles. The maximum Gasteiger partial charge on any atom is 0.327 e. The molecule has 3 N–H and O–H groups in total. The van der Waals surface area contributed by atoms with Crippen molar-refractivity contribution < 1.29 is 4.79 Å². The molecule has 0 aliphatic carbocycles. The molecule has 0 atom stereocenters. The van der Waals surface area contributed by atoms with E-state index in [2.05, 4.69) is 25.3 Å². The number of anilines is 1. The summed E-state index contributed by atoms with van der Waals surface area (Å²) in [4.78, 5) is 49.2. The van der Waals surface area contributed by atoms with Gasteiger partial charge in [0.05, 0.1) is 22.0 Å². The molecule has 3 aromatic heterocycles. The van der Waals surface area contributed by atoms with Crippen molar-refractivity contribution in [2.24, 2.45) is 0 Å². The largest absolute Gasteiger partial charge is 0.327 e. The number of imidazole rings is 1. The minimum atomic E-state index is -0.652. The number of carbonyl (C=O) groups is 1. The van der Waals surface area contributed by atoms with Gasteiger partial charge in [-0.15, -0.1) is 0 Å². The lowest BCUT2D eigenvalue weighted by Crippen LogP contribution is -2.26. The summed E-state index contributed by atoms with van der Waals surface area (Å²) in [6, 6.07) is 9.00. The van der Waals surface area contributed by atoms with Crippen LogP contribution in [0.15, 0.2) is 46.1 Å². The zero-order chi connectivity index (χ0) is 20.1. The average molecular weight is 378 g/mol. The fourth-order valence-electron chi connectivity index (χ4n) is 3.13. The quantitative estimate of drug-likeness (QED) is 0.492. The van der Waals surface area contributed by atoms with Gasteiger partial charge in [0.2, 0.25) is 5.95 Å². The molecule has 0 saturated carbocycles. The molecule has 4 aromatic rings. The first-order chi connectivity index (χ1) is 13.2. The van der Waals surface area contributed by atoms with Gasteiger partial charge < -0.3 is 4.57 Å². The summed E-state index contributed by atoms with van der Waals surface area (Å²) < 4.78 is 1.94. The lowest BCUT2D eigenvalue weighted by molar-refractivity contribution is 0.102. The summed E-state index contributed by atoms with van der Waals surface area (Å²) in [5.74, 6) is -0.0602. The van der Waals surface area contributed by atoms with Gasteiger partial charge in [0.1, 0.15) is 5.65 Å². The van der Waals surface area contributed by atoms with Crippen molar-refractivity contribution >= 4 is 33.9 Å². The lowest BCUT2D eigenvalue weighted by atomic mass is 10.1. The second-order valence-electron chi connectivity index (χ2n) is 7.41. The van der Waals surface area contributed by atoms with Crippen LogP contribution in [0.3, 0.4) is 0 Å². The number of amides is 1. The molecule has 4 rings (SSSR count). The van der Waals surface area contributed by atoms with Crippen LogP contribution in [-0.2, 0) is 5.54 Å². The molecule has 0 fully saturated rings. The number of para-hydroxylation sites is 2. The fraction of sp³-hybridized carbons (Fsp3) is 0.211. The van der Waals surface area contributed by atoms with E-state index in [9.17, 15) is 14.4 Å². The second-order valence-corrected chi connectivity index (χ2v) is 7.41. The molecule has 0 aliphatic rings. The highest BCUT2D eigenvalue weighted by atomic mass is 16.2. The molecule has 3 heterocycles. The Morgan fingerprint density at radius 1 is 1.14 bits per heavy atom. The SMILES string of the molecule is CC(C)(C)n1c(NC(=O)c2cnc3[nH]c(=O)[nH]c(=O)c3c2)nc2ccccc21. The normalized spacial score (nSPS) is 11.8. The van der Waals surface area contributed by atoms with Gasteiger partial charge in [-0.3, -0.25) is 24.9 Å². The van der Waals surface area contributed by atoms with Gasteiger partial charge in [0.25, 0.3) is 11.5 Å². The summed E-state index contributed by atoms with van der Waals surface area (Å²) >= 11 is 0. The first-order valence-corrected chi connectivity index (χ1v) is 8.66. The van der Waals surface area contributed by atoms with Gasteiger partial charge in [-0.25, -0.2) is 14.8 Å². The summed E-state index contributed by atoms with van der Waals surface area (Å²) in [6.45, 7) is 6.05. The number of fused-ring (bicyclic) bond motifs is 2. The Kier molecular flexibility index (Phi) is 3.88. The summed E-state index contributed by atoms with van der Waals surface area (Å²) in [5.41, 5.74) is 0.375. The highest BCUT2D eigenvalue weighted by molar-refractivity contribution is 6.05. The van der Waals surface area contributed by atoms with Gasteiger partial charge in [-0.2, -0.15) is 0 Å². The van der Waals surface area contributed by atoms with Crippen LogP contribution in [0, 0.1) is 0 Å². The first-order valence-electron chi connectivity index (χ1n) is 8.66. The molecule has 1 amide bonds. The van der Waals surface area contributed by atoms with Gasteiger partial charge in [-0.05, 0) is 39.0 Å². The van der Waals surface area contributed by atoms with Crippen molar-refractivity contribution in [1.29, 1.82) is 0 Å². The van der Waals surface area contributed by atoms with E-state index < -0.39 is 17.2 Å². The number of aromatic amines is 2. The molecular weight excluding hydrogens is 360 g/mol. The van der Waals surface area contributed by atoms with Crippen LogP contribution in [0.25, 0.3) is 22.1 Å². The Labute approximate surface area is 158 Å². The minimum Gasteiger partial charge on any atom is -0.305 e. The predicted octanol–water partition coefficient (Wildman–Crippen LogP) is 1.97. The van der Waals surface area contributed by atoms with Crippen LogP contribution in [0.4, 0.5) is 5.95 Å². The maximum atomic E-state index is 12.8. The van der Waals surface area contributed by atoms with E-state index in [0.717, 1.165) is 11.0 Å². The molecule has 0 bridgehead atoms. The van der Waals surface area contributed by atoms with Gasteiger partial charge >= 0.3 is 5.69 Å². The van der Waals surface area contributed by atoms with Gasteiger partial charge in [0, 0.05) is 11.7 Å². The van der Waals surface area contributed by atoms with Crippen LogP contribution < -0.4 is 16.6 Å². The maximum absolute atomic E-state index is 12.8. The van der Waals surface area contributed by atoms with E-state index >= 15 is 0 Å². The Hall–Kier alpha value is -3.75. The number of H-pyrrole nitrogens is 2. The molecule has 1 aromatic carbocycles. The molecule has 0 spiro atoms. The minimum absolute atomic E-state index is 0.118. The van der Waals surface area contributed by atoms with E-state index in [-0.39, 0.29) is 22.1 Å². The number of carbonyl (C=O) groups excluding carboxylic acids is 1. The van der Waals surface area contributed by atoms with E-state index in [4.69, 9.17) is 0 Å². The average Bonchev–Trinajstić information content (AvgIpc) is 2.99. The number of hydrogen-bond acceptors (Lipinski definition) is 5. The third-order valence-electron chi connectivity index (χ3n) is 4.31. The van der Waals surface area contributed by atoms with Crippen molar-refractivity contribution in [1.82, 2.24) is 24.5 Å². The molecule has 9 nitrogen and oxygen atoms in total. The number of nitrogens with one attached hydrogen (secondary N) is 3. The third kappa shape index (κ3) is 2.96. The molecule has 28 heavy (non-hydrogen) atoms. The van der Waals surface area contributed by atoms with Gasteiger partial charge in [0.15, 0.2) is 0 Å². The topological polar surface area (TPSA) is 126 Å². The Bertz CT molecular complexity index is 1340. The molecule has 0 unspecified atom stereocenters. The van der Waals surface area contributed by atoms with Crippen LogP contribution >= 0.6 is 0 Å². The number of nitrogens with zero attached hydrogens (tertiary/aromatic N) is 3. The number of benzene rings is 1. The highest BCUT2D eigenvalue weighted by Gasteiger charge is 2.23. The molecule has 9 heteroatoms. The number of pyridine rings is 1. The summed E-state index contributed by atoms with van der Waals surface area (Å²) in [5, 5.41) is 2.93. The zero-order valence-corrected chi connectivity index (χ0v) is 15.5.